The second-order valence-corrected chi connectivity index (χ2v) is 5.10. The highest BCUT2D eigenvalue weighted by atomic mass is 79.9. The Bertz CT molecular complexity index is 426. The van der Waals surface area contributed by atoms with Gasteiger partial charge in [-0.25, -0.2) is 0 Å². The van der Waals surface area contributed by atoms with Crippen LogP contribution in [-0.4, -0.2) is 21.3 Å². The third kappa shape index (κ3) is 2.47. The summed E-state index contributed by atoms with van der Waals surface area (Å²) in [4.78, 5) is 10.7. The number of phenols is 2. The number of phenolic OH excluding ortho intramolecular Hbond substituents is 2. The molecule has 0 bridgehead atoms. The number of hydrogen-bond donors (Lipinski definition) is 3. The summed E-state index contributed by atoms with van der Waals surface area (Å²) in [6, 6.07) is 3.18. The quantitative estimate of drug-likeness (QED) is 0.747. The first-order chi connectivity index (χ1) is 7.25. The number of carbonyl (C=O) groups is 1. The number of hydrogen-bond acceptors (Lipinski definition) is 3. The highest BCUT2D eigenvalue weighted by Gasteiger charge is 2.28. The first kappa shape index (κ1) is 12.8. The summed E-state index contributed by atoms with van der Waals surface area (Å²) in [5.74, 6) is -1.50. The van der Waals surface area contributed by atoms with Gasteiger partial charge in [0.2, 0.25) is 0 Å². The largest absolute Gasteiger partial charge is 0.504 e. The minimum Gasteiger partial charge on any atom is -0.504 e. The molecule has 1 aromatic carbocycles. The Hall–Kier alpha value is -1.23. The Kier molecular flexibility index (Phi) is 3.48. The Morgan fingerprint density at radius 1 is 1.31 bits per heavy atom. The van der Waals surface area contributed by atoms with Gasteiger partial charge in [-0.15, -0.1) is 0 Å². The van der Waals surface area contributed by atoms with Crippen molar-refractivity contribution in [3.8, 4) is 11.5 Å². The van der Waals surface area contributed by atoms with Gasteiger partial charge in [0.25, 0.3) is 0 Å². The first-order valence-corrected chi connectivity index (χ1v) is 5.47. The van der Waals surface area contributed by atoms with Crippen molar-refractivity contribution in [2.45, 2.75) is 25.7 Å². The number of aromatic hydroxyl groups is 2. The molecule has 5 heteroatoms. The maximum absolute atomic E-state index is 10.7. The Labute approximate surface area is 102 Å². The molecule has 0 amide bonds. The van der Waals surface area contributed by atoms with E-state index in [9.17, 15) is 15.0 Å². The molecule has 16 heavy (non-hydrogen) atoms. The van der Waals surface area contributed by atoms with E-state index in [1.165, 1.54) is 0 Å². The van der Waals surface area contributed by atoms with Crippen LogP contribution in [-0.2, 0) is 10.2 Å². The number of carboxylic acid groups (broad SMARTS) is 1. The molecule has 0 spiro atoms. The van der Waals surface area contributed by atoms with Crippen molar-refractivity contribution < 1.29 is 20.1 Å². The minimum atomic E-state index is -0.952. The molecular formula is C11H13BrO4. The fourth-order valence-electron chi connectivity index (χ4n) is 1.57. The zero-order valence-electron chi connectivity index (χ0n) is 8.99. The van der Waals surface area contributed by atoms with Gasteiger partial charge in [-0.2, -0.15) is 0 Å². The molecule has 1 aromatic rings. The normalized spacial score (nSPS) is 11.4. The van der Waals surface area contributed by atoms with E-state index < -0.39 is 11.4 Å². The molecule has 3 N–H and O–H groups in total. The van der Waals surface area contributed by atoms with Crippen molar-refractivity contribution in [3.63, 3.8) is 0 Å². The minimum absolute atomic E-state index is 0.123. The number of carboxylic acids is 1. The molecular weight excluding hydrogens is 276 g/mol. The molecule has 0 aliphatic rings. The lowest BCUT2D eigenvalue weighted by molar-refractivity contribution is -0.138. The molecule has 0 atom stereocenters. The van der Waals surface area contributed by atoms with Crippen LogP contribution in [0.1, 0.15) is 25.8 Å². The zero-order chi connectivity index (χ0) is 12.5. The van der Waals surface area contributed by atoms with Gasteiger partial charge in [0, 0.05) is 11.0 Å². The number of benzene rings is 1. The van der Waals surface area contributed by atoms with Crippen LogP contribution in [0.15, 0.2) is 16.6 Å². The van der Waals surface area contributed by atoms with E-state index in [0.717, 1.165) is 0 Å². The average molecular weight is 289 g/mol. The maximum atomic E-state index is 10.7. The fraction of sp³-hybridized carbons (Fsp3) is 0.364. The summed E-state index contributed by atoms with van der Waals surface area (Å²) in [6.07, 6.45) is -0.123. The van der Waals surface area contributed by atoms with Gasteiger partial charge in [-0.1, -0.05) is 19.9 Å². The summed E-state index contributed by atoms with van der Waals surface area (Å²) in [6.45, 7) is 3.40. The van der Waals surface area contributed by atoms with Crippen LogP contribution in [0.2, 0.25) is 0 Å². The van der Waals surface area contributed by atoms with Gasteiger partial charge in [0.05, 0.1) is 10.9 Å². The molecule has 0 aliphatic carbocycles. The summed E-state index contributed by atoms with van der Waals surface area (Å²) in [5.41, 5.74) is -0.329. The third-order valence-corrected chi connectivity index (χ3v) is 3.06. The van der Waals surface area contributed by atoms with Gasteiger partial charge in [-0.3, -0.25) is 4.79 Å². The Balaban J connectivity index is 3.23. The van der Waals surface area contributed by atoms with Crippen molar-refractivity contribution >= 4 is 21.9 Å². The summed E-state index contributed by atoms with van der Waals surface area (Å²) in [7, 11) is 0. The topological polar surface area (TPSA) is 77.8 Å². The van der Waals surface area contributed by atoms with E-state index in [1.807, 2.05) is 0 Å². The number of aliphatic carboxylic acids is 1. The van der Waals surface area contributed by atoms with E-state index >= 15 is 0 Å². The smallest absolute Gasteiger partial charge is 0.304 e. The highest BCUT2D eigenvalue weighted by molar-refractivity contribution is 9.10. The van der Waals surface area contributed by atoms with E-state index in [4.69, 9.17) is 5.11 Å². The summed E-state index contributed by atoms with van der Waals surface area (Å²) < 4.78 is 0.375. The predicted molar refractivity (Wildman–Crippen MR) is 62.8 cm³/mol. The second kappa shape index (κ2) is 4.33. The number of rotatable bonds is 3. The zero-order valence-corrected chi connectivity index (χ0v) is 10.6. The van der Waals surface area contributed by atoms with Gasteiger partial charge in [-0.05, 0) is 22.0 Å². The molecule has 0 saturated heterocycles. The maximum Gasteiger partial charge on any atom is 0.304 e. The monoisotopic (exact) mass is 288 g/mol. The van der Waals surface area contributed by atoms with Gasteiger partial charge in [0.15, 0.2) is 11.5 Å². The third-order valence-electron chi connectivity index (χ3n) is 2.42. The standard InChI is InChI=1S/C11H13BrO4/c1-11(2,5-8(13)14)6-3-4-7(12)10(16)9(6)15/h3-4,15-16H,5H2,1-2H3,(H,13,14). The van der Waals surface area contributed by atoms with Crippen LogP contribution in [0.5, 0.6) is 11.5 Å². The summed E-state index contributed by atoms with van der Waals surface area (Å²) in [5, 5.41) is 28.1. The average Bonchev–Trinajstić information content (AvgIpc) is 2.11. The van der Waals surface area contributed by atoms with Crippen molar-refractivity contribution in [1.29, 1.82) is 0 Å². The molecule has 0 fully saturated rings. The SMILES string of the molecule is CC(C)(CC(=O)O)c1ccc(Br)c(O)c1O. The van der Waals surface area contributed by atoms with E-state index in [0.29, 0.717) is 10.0 Å². The molecule has 1 rings (SSSR count). The molecule has 0 radical (unpaired) electrons. The highest BCUT2D eigenvalue weighted by Crippen LogP contribution is 2.42. The Morgan fingerprint density at radius 3 is 2.38 bits per heavy atom. The van der Waals surface area contributed by atoms with Crippen LogP contribution in [0.3, 0.4) is 0 Å². The Morgan fingerprint density at radius 2 is 1.88 bits per heavy atom. The van der Waals surface area contributed by atoms with Gasteiger partial charge < -0.3 is 15.3 Å². The fourth-order valence-corrected chi connectivity index (χ4v) is 1.89. The van der Waals surface area contributed by atoms with Crippen LogP contribution in [0.25, 0.3) is 0 Å². The van der Waals surface area contributed by atoms with Crippen molar-refractivity contribution in [2.24, 2.45) is 0 Å². The number of halogens is 1. The van der Waals surface area contributed by atoms with Crippen LogP contribution < -0.4 is 0 Å². The van der Waals surface area contributed by atoms with Gasteiger partial charge in [0.1, 0.15) is 0 Å². The lowest BCUT2D eigenvalue weighted by Crippen LogP contribution is -2.21. The van der Waals surface area contributed by atoms with Crippen molar-refractivity contribution in [3.05, 3.63) is 22.2 Å². The van der Waals surface area contributed by atoms with Crippen molar-refractivity contribution in [1.82, 2.24) is 0 Å². The van der Waals surface area contributed by atoms with Crippen LogP contribution in [0.4, 0.5) is 0 Å². The molecule has 0 saturated carbocycles. The molecule has 4 nitrogen and oxygen atoms in total. The lowest BCUT2D eigenvalue weighted by Gasteiger charge is -2.24. The van der Waals surface area contributed by atoms with Gasteiger partial charge >= 0.3 is 5.97 Å². The van der Waals surface area contributed by atoms with Crippen molar-refractivity contribution in [2.75, 3.05) is 0 Å². The molecule has 0 aliphatic heterocycles. The first-order valence-electron chi connectivity index (χ1n) is 4.68. The summed E-state index contributed by atoms with van der Waals surface area (Å²) >= 11 is 3.07. The van der Waals surface area contributed by atoms with E-state index in [1.54, 1.807) is 26.0 Å². The molecule has 0 unspecified atom stereocenters. The van der Waals surface area contributed by atoms with E-state index in [-0.39, 0.29) is 17.9 Å². The second-order valence-electron chi connectivity index (χ2n) is 4.25. The predicted octanol–water partition coefficient (Wildman–Crippen LogP) is 2.61. The molecule has 0 aromatic heterocycles. The molecule has 88 valence electrons. The van der Waals surface area contributed by atoms with Crippen LogP contribution in [0, 0.1) is 0 Å². The molecule has 0 heterocycles. The van der Waals surface area contributed by atoms with E-state index in [2.05, 4.69) is 15.9 Å². The lowest BCUT2D eigenvalue weighted by atomic mass is 9.81. The van der Waals surface area contributed by atoms with Crippen LogP contribution >= 0.6 is 15.9 Å².